The largest absolute Gasteiger partial charge is 0.475 e. The van der Waals surface area contributed by atoms with E-state index in [4.69, 9.17) is 13.9 Å². The van der Waals surface area contributed by atoms with Crippen molar-refractivity contribution in [3.63, 3.8) is 0 Å². The highest BCUT2D eigenvalue weighted by Gasteiger charge is 2.38. The lowest BCUT2D eigenvalue weighted by molar-refractivity contribution is -0.140. The molecular weight excluding hydrogens is 322 g/mol. The van der Waals surface area contributed by atoms with Crippen LogP contribution in [-0.2, 0) is 18.7 Å². The third-order valence-electron chi connectivity index (χ3n) is 4.81. The van der Waals surface area contributed by atoms with Gasteiger partial charge in [-0.1, -0.05) is 27.4 Å². The molecule has 0 saturated carbocycles. The number of esters is 1. The summed E-state index contributed by atoms with van der Waals surface area (Å²) in [7, 11) is -1.75. The Labute approximate surface area is 147 Å². The third kappa shape index (κ3) is 6.05. The Balaban J connectivity index is 2.52. The smallest absolute Gasteiger partial charge is 0.302 e. The lowest BCUT2D eigenvalue weighted by atomic mass is 9.99. The number of carbonyl (C=O) groups is 1. The number of hydrogen-bond donors (Lipinski definition) is 0. The Kier molecular flexibility index (Phi) is 7.22. The molecule has 0 bridgehead atoms. The van der Waals surface area contributed by atoms with E-state index in [-0.39, 0.29) is 23.2 Å². The Bertz CT molecular complexity index is 494. The summed E-state index contributed by atoms with van der Waals surface area (Å²) in [6, 6.07) is -0.0800. The second-order valence-electron chi connectivity index (χ2n) is 7.89. The number of aliphatic imine (C=N–C) groups is 1. The zero-order valence-corrected chi connectivity index (χ0v) is 17.3. The molecule has 6 heteroatoms. The first kappa shape index (κ1) is 20.9. The van der Waals surface area contributed by atoms with Gasteiger partial charge in [-0.15, -0.1) is 0 Å². The van der Waals surface area contributed by atoms with Gasteiger partial charge >= 0.3 is 5.97 Å². The van der Waals surface area contributed by atoms with Crippen molar-refractivity contribution in [3.8, 4) is 0 Å². The van der Waals surface area contributed by atoms with E-state index in [0.717, 1.165) is 12.0 Å². The van der Waals surface area contributed by atoms with E-state index >= 15 is 0 Å². The molecule has 0 amide bonds. The zero-order chi connectivity index (χ0) is 18.5. The first-order valence-corrected chi connectivity index (χ1v) is 11.5. The highest BCUT2D eigenvalue weighted by Crippen LogP contribution is 2.37. The summed E-state index contributed by atoms with van der Waals surface area (Å²) in [5.41, 5.74) is 0.936. The molecule has 0 N–H and O–H groups in total. The first-order chi connectivity index (χ1) is 10.9. The topological polar surface area (TPSA) is 57.1 Å². The van der Waals surface area contributed by atoms with E-state index < -0.39 is 8.32 Å². The van der Waals surface area contributed by atoms with Crippen molar-refractivity contribution < 1.29 is 18.7 Å². The first-order valence-electron chi connectivity index (χ1n) is 8.60. The lowest BCUT2D eigenvalue weighted by Crippen LogP contribution is -2.41. The van der Waals surface area contributed by atoms with E-state index in [1.807, 2.05) is 6.92 Å². The average molecular weight is 356 g/mol. The molecule has 2 atom stereocenters. The van der Waals surface area contributed by atoms with Gasteiger partial charge in [0, 0.05) is 33.3 Å². The maximum Gasteiger partial charge on any atom is 0.302 e. The third-order valence-corrected chi connectivity index (χ3v) is 9.35. The van der Waals surface area contributed by atoms with Gasteiger partial charge in [0.1, 0.15) is 12.1 Å². The summed E-state index contributed by atoms with van der Waals surface area (Å²) < 4.78 is 17.1. The quantitative estimate of drug-likeness (QED) is 0.374. The molecule has 0 aromatic heterocycles. The molecule has 0 unspecified atom stereocenters. The molecule has 1 aliphatic rings. The fraction of sp³-hybridized carbons (Fsp3) is 0.778. The molecule has 1 aliphatic heterocycles. The van der Waals surface area contributed by atoms with Gasteiger partial charge in [-0.2, -0.15) is 0 Å². The molecular formula is C18H33NO4Si. The fourth-order valence-electron chi connectivity index (χ4n) is 2.28. The van der Waals surface area contributed by atoms with Crippen LogP contribution >= 0.6 is 0 Å². The van der Waals surface area contributed by atoms with Crippen LogP contribution in [0.15, 0.2) is 17.1 Å². The molecule has 0 aliphatic carbocycles. The van der Waals surface area contributed by atoms with E-state index in [1.54, 1.807) is 0 Å². The molecule has 0 aromatic carbocycles. The summed E-state index contributed by atoms with van der Waals surface area (Å²) in [6.45, 7) is 19.6. The minimum absolute atomic E-state index is 0.0420. The van der Waals surface area contributed by atoms with Gasteiger partial charge in [0.05, 0.1) is 6.61 Å². The minimum atomic E-state index is -1.75. The van der Waals surface area contributed by atoms with Crippen LogP contribution in [0.1, 0.15) is 47.5 Å². The van der Waals surface area contributed by atoms with Crippen LogP contribution in [0.2, 0.25) is 18.1 Å². The second kappa shape index (κ2) is 8.29. The highest BCUT2D eigenvalue weighted by atomic mass is 28.4. The predicted octanol–water partition coefficient (Wildman–Crippen LogP) is 4.09. The van der Waals surface area contributed by atoms with Crippen molar-refractivity contribution >= 4 is 20.2 Å². The molecule has 24 heavy (non-hydrogen) atoms. The molecule has 0 aromatic rings. The average Bonchev–Trinajstić information content (AvgIpc) is 2.78. The van der Waals surface area contributed by atoms with E-state index in [9.17, 15) is 4.79 Å². The van der Waals surface area contributed by atoms with Crippen molar-refractivity contribution in [2.75, 3.05) is 13.2 Å². The van der Waals surface area contributed by atoms with Crippen molar-refractivity contribution in [1.82, 2.24) is 0 Å². The number of rotatable bonds is 8. The van der Waals surface area contributed by atoms with Crippen LogP contribution in [0.5, 0.6) is 0 Å². The van der Waals surface area contributed by atoms with Crippen LogP contribution in [0.25, 0.3) is 0 Å². The standard InChI is InChI=1S/C18H33NO4Si/c1-13(9-11-21-15(3)20)17-16(23-14(2)19-17)10-12-22-24(7,8)18(4,5)6/h16-17H,1,9-12H2,2-8H3/t16-,17-/m1/s1. The van der Waals surface area contributed by atoms with Gasteiger partial charge in [0.15, 0.2) is 14.2 Å². The summed E-state index contributed by atoms with van der Waals surface area (Å²) in [4.78, 5) is 15.4. The summed E-state index contributed by atoms with van der Waals surface area (Å²) in [6.07, 6.45) is 1.34. The van der Waals surface area contributed by atoms with Gasteiger partial charge < -0.3 is 13.9 Å². The van der Waals surface area contributed by atoms with Crippen LogP contribution in [0.4, 0.5) is 0 Å². The summed E-state index contributed by atoms with van der Waals surface area (Å²) >= 11 is 0. The van der Waals surface area contributed by atoms with E-state index in [1.165, 1.54) is 6.92 Å². The Morgan fingerprint density at radius 1 is 1.33 bits per heavy atom. The highest BCUT2D eigenvalue weighted by molar-refractivity contribution is 6.74. The van der Waals surface area contributed by atoms with Gasteiger partial charge in [-0.3, -0.25) is 4.79 Å². The predicted molar refractivity (Wildman–Crippen MR) is 99.9 cm³/mol. The zero-order valence-electron chi connectivity index (χ0n) is 16.3. The van der Waals surface area contributed by atoms with Crippen LogP contribution in [0, 0.1) is 0 Å². The van der Waals surface area contributed by atoms with E-state index in [2.05, 4.69) is 45.4 Å². The molecule has 0 fully saturated rings. The second-order valence-corrected chi connectivity index (χ2v) is 12.7. The molecule has 138 valence electrons. The normalized spacial score (nSPS) is 21.2. The van der Waals surface area contributed by atoms with Crippen LogP contribution in [0.3, 0.4) is 0 Å². The lowest BCUT2D eigenvalue weighted by Gasteiger charge is -2.36. The SMILES string of the molecule is C=C(CCOC(C)=O)[C@H]1N=C(C)O[C@@H]1CCO[Si](C)(C)C(C)(C)C. The summed E-state index contributed by atoms with van der Waals surface area (Å²) in [5, 5.41) is 0.197. The Morgan fingerprint density at radius 3 is 2.50 bits per heavy atom. The Hall–Kier alpha value is -1.14. The molecule has 0 saturated heterocycles. The molecule has 0 radical (unpaired) electrons. The van der Waals surface area contributed by atoms with Crippen LogP contribution < -0.4 is 0 Å². The number of hydrogen-bond acceptors (Lipinski definition) is 5. The monoisotopic (exact) mass is 355 g/mol. The molecule has 0 spiro atoms. The molecule has 1 heterocycles. The van der Waals surface area contributed by atoms with Crippen molar-refractivity contribution in [3.05, 3.63) is 12.2 Å². The fourth-order valence-corrected chi connectivity index (χ4v) is 3.35. The minimum Gasteiger partial charge on any atom is -0.475 e. The Morgan fingerprint density at radius 2 is 1.96 bits per heavy atom. The van der Waals surface area contributed by atoms with Gasteiger partial charge in [0.2, 0.25) is 0 Å². The van der Waals surface area contributed by atoms with Crippen molar-refractivity contribution in [2.45, 2.75) is 77.7 Å². The van der Waals surface area contributed by atoms with Gasteiger partial charge in [0.25, 0.3) is 0 Å². The number of carbonyl (C=O) groups excluding carboxylic acids is 1. The maximum atomic E-state index is 10.9. The molecule has 1 rings (SSSR count). The molecule has 5 nitrogen and oxygen atoms in total. The van der Waals surface area contributed by atoms with Crippen molar-refractivity contribution in [1.29, 1.82) is 0 Å². The van der Waals surface area contributed by atoms with Crippen LogP contribution in [-0.4, -0.2) is 45.5 Å². The number of nitrogens with zero attached hydrogens (tertiary/aromatic N) is 1. The van der Waals surface area contributed by atoms with E-state index in [0.29, 0.717) is 25.5 Å². The number of ether oxygens (including phenoxy) is 2. The van der Waals surface area contributed by atoms with Crippen molar-refractivity contribution in [2.24, 2.45) is 4.99 Å². The van der Waals surface area contributed by atoms with Gasteiger partial charge in [-0.25, -0.2) is 4.99 Å². The van der Waals surface area contributed by atoms with Gasteiger partial charge in [-0.05, 0) is 23.7 Å². The summed E-state index contributed by atoms with van der Waals surface area (Å²) in [5.74, 6) is 0.412. The maximum absolute atomic E-state index is 10.9.